The summed E-state index contributed by atoms with van der Waals surface area (Å²) in [6, 6.07) is 0. The lowest BCUT2D eigenvalue weighted by Gasteiger charge is -2.37. The van der Waals surface area contributed by atoms with E-state index in [-0.39, 0.29) is 6.54 Å². The first-order valence-corrected chi connectivity index (χ1v) is 4.54. The normalized spacial score (nSPS) is 27.6. The van der Waals surface area contributed by atoms with Crippen LogP contribution in [0.5, 0.6) is 0 Å². The van der Waals surface area contributed by atoms with Crippen LogP contribution in [-0.2, 0) is 0 Å². The second-order valence-corrected chi connectivity index (χ2v) is 3.59. The molecule has 14 heavy (non-hydrogen) atoms. The maximum Gasteiger partial charge on any atom is 0.405 e. The minimum absolute atomic E-state index is 0.281. The van der Waals surface area contributed by atoms with Gasteiger partial charge in [0.1, 0.15) is 0 Å². The third-order valence-electron chi connectivity index (χ3n) is 2.39. The zero-order chi connectivity index (χ0) is 10.6. The fourth-order valence-electron chi connectivity index (χ4n) is 1.82. The minimum Gasteiger partial charge on any atom is -0.465 e. The molecule has 3 N–H and O–H groups in total. The average molecular weight is 208 g/mol. The number of carbonyl (C=O) groups is 1. The van der Waals surface area contributed by atoms with Crippen LogP contribution in [0.4, 0.5) is 13.6 Å². The molecule has 0 saturated carbocycles. The van der Waals surface area contributed by atoms with Crippen molar-refractivity contribution in [3.05, 3.63) is 0 Å². The first kappa shape index (κ1) is 11.2. The number of hydrogen-bond donors (Lipinski definition) is 3. The van der Waals surface area contributed by atoms with Gasteiger partial charge in [0.05, 0.1) is 5.54 Å². The second-order valence-electron chi connectivity index (χ2n) is 3.59. The fraction of sp³-hybridized carbons (Fsp3) is 0.875. The third-order valence-corrected chi connectivity index (χ3v) is 2.39. The lowest BCUT2D eigenvalue weighted by atomic mass is 9.87. The van der Waals surface area contributed by atoms with E-state index in [1.165, 1.54) is 0 Å². The van der Waals surface area contributed by atoms with E-state index in [0.717, 1.165) is 6.54 Å². The SMILES string of the molecule is O=C(O)NC1(CC(F)F)CCCNC1. The summed E-state index contributed by atoms with van der Waals surface area (Å²) in [5.41, 5.74) is -0.988. The molecule has 0 radical (unpaired) electrons. The highest BCUT2D eigenvalue weighted by Gasteiger charge is 2.36. The molecule has 0 aromatic rings. The fourth-order valence-corrected chi connectivity index (χ4v) is 1.82. The molecule has 1 amide bonds. The first-order chi connectivity index (χ1) is 6.54. The Morgan fingerprint density at radius 2 is 2.36 bits per heavy atom. The number of hydrogen-bond acceptors (Lipinski definition) is 2. The Morgan fingerprint density at radius 3 is 2.79 bits per heavy atom. The minimum atomic E-state index is -2.48. The molecule has 1 heterocycles. The molecule has 0 aromatic carbocycles. The molecule has 1 unspecified atom stereocenters. The summed E-state index contributed by atoms with van der Waals surface area (Å²) in [6.45, 7) is 1.04. The van der Waals surface area contributed by atoms with Gasteiger partial charge in [0.2, 0.25) is 6.43 Å². The molecule has 1 aliphatic heterocycles. The average Bonchev–Trinajstić information content (AvgIpc) is 2.01. The van der Waals surface area contributed by atoms with E-state index in [1.807, 2.05) is 0 Å². The van der Waals surface area contributed by atoms with Crippen LogP contribution < -0.4 is 10.6 Å². The zero-order valence-corrected chi connectivity index (χ0v) is 7.72. The van der Waals surface area contributed by atoms with Gasteiger partial charge in [-0.25, -0.2) is 13.6 Å². The Morgan fingerprint density at radius 1 is 1.64 bits per heavy atom. The number of alkyl halides is 2. The summed E-state index contributed by atoms with van der Waals surface area (Å²) in [7, 11) is 0. The van der Waals surface area contributed by atoms with Gasteiger partial charge in [0.15, 0.2) is 0 Å². The van der Waals surface area contributed by atoms with Crippen LogP contribution in [0.3, 0.4) is 0 Å². The van der Waals surface area contributed by atoms with Gasteiger partial charge in [0.25, 0.3) is 0 Å². The van der Waals surface area contributed by atoms with E-state index in [9.17, 15) is 13.6 Å². The maximum atomic E-state index is 12.3. The first-order valence-electron chi connectivity index (χ1n) is 4.54. The quantitative estimate of drug-likeness (QED) is 0.649. The van der Waals surface area contributed by atoms with Gasteiger partial charge in [0, 0.05) is 13.0 Å². The van der Waals surface area contributed by atoms with Gasteiger partial charge in [-0.1, -0.05) is 0 Å². The van der Waals surface area contributed by atoms with E-state index >= 15 is 0 Å². The molecule has 0 aromatic heterocycles. The lowest BCUT2D eigenvalue weighted by Crippen LogP contribution is -2.58. The number of carboxylic acid groups (broad SMARTS) is 1. The van der Waals surface area contributed by atoms with Crippen molar-refractivity contribution in [1.82, 2.24) is 10.6 Å². The van der Waals surface area contributed by atoms with E-state index in [1.54, 1.807) is 0 Å². The van der Waals surface area contributed by atoms with Crippen molar-refractivity contribution in [3.63, 3.8) is 0 Å². The number of halogens is 2. The van der Waals surface area contributed by atoms with E-state index in [4.69, 9.17) is 5.11 Å². The number of rotatable bonds is 3. The summed E-state index contributed by atoms with van der Waals surface area (Å²) >= 11 is 0. The van der Waals surface area contributed by atoms with E-state index in [0.29, 0.717) is 12.8 Å². The second kappa shape index (κ2) is 4.54. The van der Waals surface area contributed by atoms with Gasteiger partial charge < -0.3 is 15.7 Å². The highest BCUT2D eigenvalue weighted by molar-refractivity contribution is 5.65. The maximum absolute atomic E-state index is 12.3. The van der Waals surface area contributed by atoms with Gasteiger partial charge in [-0.15, -0.1) is 0 Å². The lowest BCUT2D eigenvalue weighted by molar-refractivity contribution is 0.0778. The molecule has 1 rings (SSSR count). The summed E-state index contributed by atoms with van der Waals surface area (Å²) in [5, 5.41) is 13.7. The van der Waals surface area contributed by atoms with Crippen molar-refractivity contribution in [1.29, 1.82) is 0 Å². The van der Waals surface area contributed by atoms with Gasteiger partial charge in [-0.05, 0) is 19.4 Å². The standard InChI is InChI=1S/C8H14F2N2O2/c9-6(10)4-8(12-7(13)14)2-1-3-11-5-8/h6,11-12H,1-5H2,(H,13,14). The zero-order valence-electron chi connectivity index (χ0n) is 7.72. The van der Waals surface area contributed by atoms with Crippen LogP contribution in [0, 0.1) is 0 Å². The summed E-state index contributed by atoms with van der Waals surface area (Å²) < 4.78 is 24.5. The van der Waals surface area contributed by atoms with Gasteiger partial charge >= 0.3 is 6.09 Å². The van der Waals surface area contributed by atoms with Gasteiger partial charge in [-0.3, -0.25) is 0 Å². The summed E-state index contributed by atoms with van der Waals surface area (Å²) in [5.74, 6) is 0. The number of nitrogens with one attached hydrogen (secondary N) is 2. The largest absolute Gasteiger partial charge is 0.465 e. The van der Waals surface area contributed by atoms with Crippen LogP contribution >= 0.6 is 0 Å². The Kier molecular flexibility index (Phi) is 3.62. The van der Waals surface area contributed by atoms with Crippen LogP contribution in [0.2, 0.25) is 0 Å². The molecule has 1 saturated heterocycles. The van der Waals surface area contributed by atoms with Crippen LogP contribution in [0.15, 0.2) is 0 Å². The molecular formula is C8H14F2N2O2. The topological polar surface area (TPSA) is 61.4 Å². The third kappa shape index (κ3) is 3.10. The Labute approximate surface area is 80.7 Å². The van der Waals surface area contributed by atoms with Crippen LogP contribution in [0.1, 0.15) is 19.3 Å². The molecule has 1 aliphatic rings. The molecule has 82 valence electrons. The molecule has 4 nitrogen and oxygen atoms in total. The van der Waals surface area contributed by atoms with Crippen molar-refractivity contribution in [2.24, 2.45) is 0 Å². The predicted molar refractivity (Wildman–Crippen MR) is 46.6 cm³/mol. The molecule has 1 fully saturated rings. The molecule has 1 atom stereocenters. The Hall–Kier alpha value is -0.910. The van der Waals surface area contributed by atoms with E-state index < -0.39 is 24.5 Å². The molecule has 0 spiro atoms. The highest BCUT2D eigenvalue weighted by Crippen LogP contribution is 2.23. The molecule has 6 heteroatoms. The van der Waals surface area contributed by atoms with Gasteiger partial charge in [-0.2, -0.15) is 0 Å². The van der Waals surface area contributed by atoms with Crippen LogP contribution in [-0.4, -0.2) is 36.3 Å². The van der Waals surface area contributed by atoms with Crippen molar-refractivity contribution in [2.75, 3.05) is 13.1 Å². The Bertz CT molecular complexity index is 206. The highest BCUT2D eigenvalue weighted by atomic mass is 19.3. The number of piperidine rings is 1. The van der Waals surface area contributed by atoms with Crippen LogP contribution in [0.25, 0.3) is 0 Å². The van der Waals surface area contributed by atoms with Crippen molar-refractivity contribution < 1.29 is 18.7 Å². The molecular weight excluding hydrogens is 194 g/mol. The summed E-state index contributed by atoms with van der Waals surface area (Å²) in [6.07, 6.45) is -2.97. The summed E-state index contributed by atoms with van der Waals surface area (Å²) in [4.78, 5) is 10.5. The number of amides is 1. The smallest absolute Gasteiger partial charge is 0.405 e. The Balaban J connectivity index is 2.61. The van der Waals surface area contributed by atoms with E-state index in [2.05, 4.69) is 10.6 Å². The van der Waals surface area contributed by atoms with Crippen molar-refractivity contribution in [3.8, 4) is 0 Å². The predicted octanol–water partition coefficient (Wildman–Crippen LogP) is 1.03. The molecule has 0 bridgehead atoms. The molecule has 0 aliphatic carbocycles. The van der Waals surface area contributed by atoms with Crippen molar-refractivity contribution >= 4 is 6.09 Å². The van der Waals surface area contributed by atoms with Crippen molar-refractivity contribution in [2.45, 2.75) is 31.2 Å². The monoisotopic (exact) mass is 208 g/mol.